The van der Waals surface area contributed by atoms with E-state index in [2.05, 4.69) is 4.98 Å². The summed E-state index contributed by atoms with van der Waals surface area (Å²) in [6, 6.07) is 3.90. The van der Waals surface area contributed by atoms with Gasteiger partial charge in [0.25, 0.3) is 0 Å². The lowest BCUT2D eigenvalue weighted by atomic mass is 9.82. The molecule has 0 unspecified atom stereocenters. The van der Waals surface area contributed by atoms with E-state index in [1.807, 2.05) is 23.2 Å². The Bertz CT molecular complexity index is 510. The fraction of sp³-hybridized carbons (Fsp3) is 0.625. The van der Waals surface area contributed by atoms with Crippen molar-refractivity contribution in [3.63, 3.8) is 0 Å². The van der Waals surface area contributed by atoms with Crippen molar-refractivity contribution in [1.82, 2.24) is 9.88 Å². The number of nitrogens with zero attached hydrogens (tertiary/aromatic N) is 2. The Morgan fingerprint density at radius 2 is 2.50 bits per heavy atom. The van der Waals surface area contributed by atoms with Crippen LogP contribution in [0.3, 0.4) is 0 Å². The highest BCUT2D eigenvalue weighted by Gasteiger charge is 2.51. The number of hydrogen-bond acceptors (Lipinski definition) is 5. The topological polar surface area (TPSA) is 60.9 Å². The maximum absolute atomic E-state index is 12.0. The predicted octanol–water partition coefficient (Wildman–Crippen LogP) is 0.720. The zero-order valence-electron chi connectivity index (χ0n) is 12.9. The van der Waals surface area contributed by atoms with Crippen LogP contribution in [0.15, 0.2) is 24.5 Å². The van der Waals surface area contributed by atoms with Crippen LogP contribution in [0.5, 0.6) is 0 Å². The number of hydrogen-bond donors (Lipinski definition) is 0. The van der Waals surface area contributed by atoms with E-state index < -0.39 is 0 Å². The molecule has 3 rings (SSSR count). The van der Waals surface area contributed by atoms with Crippen molar-refractivity contribution >= 4 is 5.91 Å². The van der Waals surface area contributed by atoms with Crippen LogP contribution in [0, 0.1) is 11.3 Å². The average Bonchev–Trinajstić information content (AvgIpc) is 3.05. The third kappa shape index (κ3) is 3.14. The molecule has 0 saturated carbocycles. The summed E-state index contributed by atoms with van der Waals surface area (Å²) >= 11 is 0. The van der Waals surface area contributed by atoms with Gasteiger partial charge in [0.15, 0.2) is 0 Å². The SMILES string of the molecule is COCC(=O)N1C[C@H]2COC[C@@]2(COCc2cccnc2)C1. The standard InChI is InChI=1S/C16H22N2O4/c1-20-9-15(19)18-6-14-8-22-12-16(14,10-18)11-21-7-13-3-2-4-17-5-13/h2-5,14H,6-12H2,1H3/t14-,16-/m0/s1. The molecule has 0 aromatic carbocycles. The number of fused-ring (bicyclic) bond motifs is 1. The predicted molar refractivity (Wildman–Crippen MR) is 79.1 cm³/mol. The summed E-state index contributed by atoms with van der Waals surface area (Å²) in [7, 11) is 1.55. The molecule has 0 spiro atoms. The summed E-state index contributed by atoms with van der Waals surface area (Å²) in [6.07, 6.45) is 3.56. The van der Waals surface area contributed by atoms with Crippen LogP contribution in [0.1, 0.15) is 5.56 Å². The van der Waals surface area contributed by atoms with Crippen molar-refractivity contribution in [3.05, 3.63) is 30.1 Å². The van der Waals surface area contributed by atoms with E-state index in [0.717, 1.165) is 12.1 Å². The van der Waals surface area contributed by atoms with Crippen LogP contribution >= 0.6 is 0 Å². The van der Waals surface area contributed by atoms with E-state index in [9.17, 15) is 4.79 Å². The van der Waals surface area contributed by atoms with Gasteiger partial charge < -0.3 is 19.1 Å². The van der Waals surface area contributed by atoms with Crippen LogP contribution in [-0.2, 0) is 25.6 Å². The summed E-state index contributed by atoms with van der Waals surface area (Å²) in [5.74, 6) is 0.394. The summed E-state index contributed by atoms with van der Waals surface area (Å²) in [4.78, 5) is 18.0. The molecule has 2 atom stereocenters. The van der Waals surface area contributed by atoms with E-state index in [1.54, 1.807) is 13.3 Å². The monoisotopic (exact) mass is 306 g/mol. The number of amides is 1. The van der Waals surface area contributed by atoms with Gasteiger partial charge in [-0.1, -0.05) is 6.07 Å². The molecule has 22 heavy (non-hydrogen) atoms. The Labute approximate surface area is 130 Å². The van der Waals surface area contributed by atoms with Gasteiger partial charge in [-0.15, -0.1) is 0 Å². The van der Waals surface area contributed by atoms with E-state index >= 15 is 0 Å². The lowest BCUT2D eigenvalue weighted by Gasteiger charge is -2.26. The highest BCUT2D eigenvalue weighted by molar-refractivity contribution is 5.77. The second kappa shape index (κ2) is 6.73. The minimum absolute atomic E-state index is 0.0449. The maximum atomic E-state index is 12.0. The number of carbonyl (C=O) groups is 1. The summed E-state index contributed by atoms with van der Waals surface area (Å²) in [5, 5.41) is 0. The highest BCUT2D eigenvalue weighted by atomic mass is 16.5. The van der Waals surface area contributed by atoms with E-state index in [-0.39, 0.29) is 17.9 Å². The Morgan fingerprint density at radius 1 is 1.59 bits per heavy atom. The molecule has 1 amide bonds. The fourth-order valence-corrected chi connectivity index (χ4v) is 3.30. The minimum Gasteiger partial charge on any atom is -0.380 e. The van der Waals surface area contributed by atoms with Crippen molar-refractivity contribution < 1.29 is 19.0 Å². The molecular weight excluding hydrogens is 284 g/mol. The second-order valence-electron chi connectivity index (χ2n) is 6.14. The maximum Gasteiger partial charge on any atom is 0.248 e. The zero-order chi connectivity index (χ0) is 15.4. The molecule has 2 aliphatic heterocycles. The Kier molecular flexibility index (Phi) is 4.71. The summed E-state index contributed by atoms with van der Waals surface area (Å²) < 4.78 is 16.5. The van der Waals surface area contributed by atoms with Gasteiger partial charge >= 0.3 is 0 Å². The van der Waals surface area contributed by atoms with Gasteiger partial charge in [-0.25, -0.2) is 0 Å². The first-order chi connectivity index (χ1) is 10.7. The van der Waals surface area contributed by atoms with E-state index in [1.165, 1.54) is 0 Å². The molecule has 6 heteroatoms. The molecular formula is C16H22N2O4. The van der Waals surface area contributed by atoms with E-state index in [4.69, 9.17) is 14.2 Å². The van der Waals surface area contributed by atoms with Crippen molar-refractivity contribution in [2.24, 2.45) is 11.3 Å². The first-order valence-corrected chi connectivity index (χ1v) is 7.55. The molecule has 0 N–H and O–H groups in total. The average molecular weight is 306 g/mol. The third-order valence-electron chi connectivity index (χ3n) is 4.52. The molecule has 2 aliphatic rings. The molecule has 0 radical (unpaired) electrons. The first-order valence-electron chi connectivity index (χ1n) is 7.55. The number of aromatic nitrogens is 1. The van der Waals surface area contributed by atoms with Gasteiger partial charge in [0, 0.05) is 43.9 Å². The van der Waals surface area contributed by atoms with Gasteiger partial charge in [-0.3, -0.25) is 9.78 Å². The van der Waals surface area contributed by atoms with Gasteiger partial charge in [-0.05, 0) is 11.6 Å². The van der Waals surface area contributed by atoms with Crippen molar-refractivity contribution in [3.8, 4) is 0 Å². The highest BCUT2D eigenvalue weighted by Crippen LogP contribution is 2.41. The molecule has 2 fully saturated rings. The van der Waals surface area contributed by atoms with E-state index in [0.29, 0.717) is 38.9 Å². The van der Waals surface area contributed by atoms with Crippen molar-refractivity contribution in [2.45, 2.75) is 6.61 Å². The third-order valence-corrected chi connectivity index (χ3v) is 4.52. The van der Waals surface area contributed by atoms with Gasteiger partial charge in [-0.2, -0.15) is 0 Å². The van der Waals surface area contributed by atoms with Crippen LogP contribution in [0.4, 0.5) is 0 Å². The molecule has 2 saturated heterocycles. The smallest absolute Gasteiger partial charge is 0.248 e. The molecule has 120 valence electrons. The Balaban J connectivity index is 1.57. The second-order valence-corrected chi connectivity index (χ2v) is 6.14. The molecule has 6 nitrogen and oxygen atoms in total. The summed E-state index contributed by atoms with van der Waals surface area (Å²) in [5.41, 5.74) is 0.977. The quantitative estimate of drug-likeness (QED) is 0.775. The lowest BCUT2D eigenvalue weighted by Crippen LogP contribution is -2.38. The van der Waals surface area contributed by atoms with Crippen LogP contribution < -0.4 is 0 Å². The number of ether oxygens (including phenoxy) is 3. The number of methoxy groups -OCH3 is 1. The number of rotatable bonds is 6. The molecule has 0 aliphatic carbocycles. The number of carbonyl (C=O) groups excluding carboxylic acids is 1. The largest absolute Gasteiger partial charge is 0.380 e. The molecule has 1 aromatic heterocycles. The molecule has 1 aromatic rings. The normalized spacial score (nSPS) is 27.1. The molecule has 3 heterocycles. The first kappa shape index (κ1) is 15.4. The van der Waals surface area contributed by atoms with Gasteiger partial charge in [0.1, 0.15) is 6.61 Å². The summed E-state index contributed by atoms with van der Waals surface area (Å²) in [6.45, 7) is 4.05. The van der Waals surface area contributed by atoms with Crippen LogP contribution in [-0.4, -0.2) is 62.4 Å². The minimum atomic E-state index is -0.0778. The Morgan fingerprint density at radius 3 is 3.27 bits per heavy atom. The van der Waals surface area contributed by atoms with Gasteiger partial charge in [0.2, 0.25) is 5.91 Å². The lowest BCUT2D eigenvalue weighted by molar-refractivity contribution is -0.135. The van der Waals surface area contributed by atoms with Crippen LogP contribution in [0.25, 0.3) is 0 Å². The number of pyridine rings is 1. The fourth-order valence-electron chi connectivity index (χ4n) is 3.30. The molecule has 0 bridgehead atoms. The number of likely N-dealkylation sites (tertiary alicyclic amines) is 1. The van der Waals surface area contributed by atoms with Gasteiger partial charge in [0.05, 0.1) is 26.4 Å². The van der Waals surface area contributed by atoms with Crippen LogP contribution in [0.2, 0.25) is 0 Å². The zero-order valence-corrected chi connectivity index (χ0v) is 12.9. The van der Waals surface area contributed by atoms with Crippen molar-refractivity contribution in [1.29, 1.82) is 0 Å². The van der Waals surface area contributed by atoms with Crippen molar-refractivity contribution in [2.75, 3.05) is 46.6 Å². The Hall–Kier alpha value is -1.50.